The maximum Gasteiger partial charge on any atom is 0.113 e. The number of aryl methyl sites for hydroxylation is 1. The number of fused-ring (bicyclic) bond motifs is 3. The quantitative estimate of drug-likeness (QED) is 0.724. The number of hydrogen-bond acceptors (Lipinski definition) is 3. The molecule has 0 amide bonds. The van der Waals surface area contributed by atoms with Gasteiger partial charge in [-0.15, -0.1) is 11.3 Å². The molecule has 21 heavy (non-hydrogen) atoms. The van der Waals surface area contributed by atoms with Crippen molar-refractivity contribution >= 4 is 11.3 Å². The van der Waals surface area contributed by atoms with Crippen LogP contribution < -0.4 is 5.73 Å². The second-order valence-electron chi connectivity index (χ2n) is 6.97. The van der Waals surface area contributed by atoms with Gasteiger partial charge in [-0.1, -0.05) is 24.6 Å². The molecule has 4 rings (SSSR count). The Balaban J connectivity index is 1.72. The predicted molar refractivity (Wildman–Crippen MR) is 88.6 cm³/mol. The maximum absolute atomic E-state index is 6.70. The van der Waals surface area contributed by atoms with Gasteiger partial charge in [-0.25, -0.2) is 4.98 Å². The minimum Gasteiger partial charge on any atom is -0.319 e. The Kier molecular flexibility index (Phi) is 2.98. The number of rotatable bonds is 1. The summed E-state index contributed by atoms with van der Waals surface area (Å²) in [5, 5.41) is 1.17. The van der Waals surface area contributed by atoms with Crippen LogP contribution in [0.2, 0.25) is 0 Å². The minimum absolute atomic E-state index is 0.175. The van der Waals surface area contributed by atoms with E-state index >= 15 is 0 Å². The summed E-state index contributed by atoms with van der Waals surface area (Å²) < 4.78 is 0. The highest BCUT2D eigenvalue weighted by molar-refractivity contribution is 7.12. The smallest absolute Gasteiger partial charge is 0.113 e. The van der Waals surface area contributed by atoms with Gasteiger partial charge in [-0.3, -0.25) is 0 Å². The van der Waals surface area contributed by atoms with E-state index in [-0.39, 0.29) is 5.54 Å². The van der Waals surface area contributed by atoms with E-state index in [0.29, 0.717) is 0 Å². The van der Waals surface area contributed by atoms with Crippen molar-refractivity contribution in [3.05, 3.63) is 39.2 Å². The fourth-order valence-electron chi connectivity index (χ4n) is 3.62. The lowest BCUT2D eigenvalue weighted by molar-refractivity contribution is 0.247. The SMILES string of the molecule is Cc1ccc2c(c1)-c1nc(C3(N)CCC(C)CC3)sc1C2. The van der Waals surface area contributed by atoms with E-state index in [2.05, 4.69) is 32.0 Å². The highest BCUT2D eigenvalue weighted by Crippen LogP contribution is 2.45. The van der Waals surface area contributed by atoms with Crippen molar-refractivity contribution in [2.45, 2.75) is 51.5 Å². The summed E-state index contributed by atoms with van der Waals surface area (Å²) in [6.45, 7) is 4.49. The number of thiazole rings is 1. The summed E-state index contributed by atoms with van der Waals surface area (Å²) in [5.74, 6) is 0.817. The van der Waals surface area contributed by atoms with Crippen molar-refractivity contribution in [2.75, 3.05) is 0 Å². The fraction of sp³-hybridized carbons (Fsp3) is 0.500. The van der Waals surface area contributed by atoms with E-state index in [4.69, 9.17) is 10.7 Å². The van der Waals surface area contributed by atoms with E-state index in [1.165, 1.54) is 45.1 Å². The highest BCUT2D eigenvalue weighted by Gasteiger charge is 2.36. The van der Waals surface area contributed by atoms with Gasteiger partial charge in [0.25, 0.3) is 0 Å². The van der Waals surface area contributed by atoms with E-state index in [1.807, 2.05) is 11.3 Å². The Hall–Kier alpha value is -1.19. The molecular formula is C18H22N2S. The number of benzene rings is 1. The first-order chi connectivity index (χ1) is 10.0. The van der Waals surface area contributed by atoms with Gasteiger partial charge in [0.2, 0.25) is 0 Å². The van der Waals surface area contributed by atoms with Crippen LogP contribution in [-0.4, -0.2) is 4.98 Å². The summed E-state index contributed by atoms with van der Waals surface area (Å²) in [6, 6.07) is 6.72. The molecule has 110 valence electrons. The molecule has 2 nitrogen and oxygen atoms in total. The van der Waals surface area contributed by atoms with Crippen molar-refractivity contribution in [3.63, 3.8) is 0 Å². The van der Waals surface area contributed by atoms with Crippen LogP contribution in [0.5, 0.6) is 0 Å². The van der Waals surface area contributed by atoms with Gasteiger partial charge in [0.15, 0.2) is 0 Å². The molecule has 0 radical (unpaired) electrons. The van der Waals surface area contributed by atoms with Crippen LogP contribution in [0, 0.1) is 12.8 Å². The molecule has 0 spiro atoms. The Morgan fingerprint density at radius 1 is 1.29 bits per heavy atom. The van der Waals surface area contributed by atoms with Crippen LogP contribution >= 0.6 is 11.3 Å². The molecule has 1 saturated carbocycles. The second-order valence-corrected chi connectivity index (χ2v) is 8.05. The predicted octanol–water partition coefficient (Wildman–Crippen LogP) is 4.39. The second kappa shape index (κ2) is 4.65. The Morgan fingerprint density at radius 2 is 2.05 bits per heavy atom. The van der Waals surface area contributed by atoms with Gasteiger partial charge < -0.3 is 5.73 Å². The number of nitrogens with zero attached hydrogens (tertiary/aromatic N) is 1. The van der Waals surface area contributed by atoms with Crippen LogP contribution in [0.3, 0.4) is 0 Å². The third kappa shape index (κ3) is 2.14. The molecule has 2 aromatic rings. The van der Waals surface area contributed by atoms with E-state index in [1.54, 1.807) is 0 Å². The molecular weight excluding hydrogens is 276 g/mol. The average molecular weight is 298 g/mol. The van der Waals surface area contributed by atoms with Gasteiger partial charge in [0.05, 0.1) is 11.2 Å². The highest BCUT2D eigenvalue weighted by atomic mass is 32.1. The monoisotopic (exact) mass is 298 g/mol. The van der Waals surface area contributed by atoms with Crippen molar-refractivity contribution < 1.29 is 0 Å². The summed E-state index contributed by atoms with van der Waals surface area (Å²) >= 11 is 1.85. The summed E-state index contributed by atoms with van der Waals surface area (Å²) in [5.41, 5.74) is 11.8. The number of hydrogen-bond donors (Lipinski definition) is 1. The molecule has 1 heterocycles. The first kappa shape index (κ1) is 13.5. The van der Waals surface area contributed by atoms with Gasteiger partial charge in [-0.05, 0) is 50.2 Å². The van der Waals surface area contributed by atoms with Crippen molar-refractivity contribution in [1.82, 2.24) is 4.98 Å². The van der Waals surface area contributed by atoms with Crippen LogP contribution in [0.1, 0.15) is 53.6 Å². The molecule has 0 bridgehead atoms. The minimum atomic E-state index is -0.175. The molecule has 2 aliphatic carbocycles. The largest absolute Gasteiger partial charge is 0.319 e. The Morgan fingerprint density at radius 3 is 2.81 bits per heavy atom. The number of aromatic nitrogens is 1. The van der Waals surface area contributed by atoms with E-state index in [9.17, 15) is 0 Å². The summed E-state index contributed by atoms with van der Waals surface area (Å²) in [4.78, 5) is 6.40. The lowest BCUT2D eigenvalue weighted by Crippen LogP contribution is -2.40. The van der Waals surface area contributed by atoms with E-state index in [0.717, 1.165) is 25.2 Å². The zero-order valence-corrected chi connectivity index (χ0v) is 13.6. The molecule has 0 unspecified atom stereocenters. The van der Waals surface area contributed by atoms with Crippen molar-refractivity contribution in [3.8, 4) is 11.3 Å². The fourth-order valence-corrected chi connectivity index (χ4v) is 4.88. The third-order valence-corrected chi connectivity index (χ3v) is 6.44. The average Bonchev–Trinajstić information content (AvgIpc) is 3.01. The standard InChI is InChI=1S/C18H22N2S/c1-11-5-7-18(19,8-6-11)17-20-16-14-9-12(2)3-4-13(14)10-15(16)21-17/h3-4,9,11H,5-8,10,19H2,1-2H3. The lowest BCUT2D eigenvalue weighted by Gasteiger charge is -2.34. The number of nitrogens with two attached hydrogens (primary N) is 1. The van der Waals surface area contributed by atoms with Crippen LogP contribution in [0.4, 0.5) is 0 Å². The Labute approximate surface area is 130 Å². The van der Waals surface area contributed by atoms with Gasteiger partial charge in [-0.2, -0.15) is 0 Å². The van der Waals surface area contributed by atoms with Crippen LogP contribution in [0.25, 0.3) is 11.3 Å². The first-order valence-corrected chi connectivity index (χ1v) is 8.76. The normalized spacial score (nSPS) is 27.5. The zero-order valence-electron chi connectivity index (χ0n) is 12.8. The van der Waals surface area contributed by atoms with Crippen molar-refractivity contribution in [2.24, 2.45) is 11.7 Å². The van der Waals surface area contributed by atoms with Crippen molar-refractivity contribution in [1.29, 1.82) is 0 Å². The summed E-state index contributed by atoms with van der Waals surface area (Å²) in [7, 11) is 0. The molecule has 0 atom stereocenters. The van der Waals surface area contributed by atoms with Crippen LogP contribution in [0.15, 0.2) is 18.2 Å². The molecule has 1 aromatic heterocycles. The third-order valence-electron chi connectivity index (χ3n) is 5.16. The lowest BCUT2D eigenvalue weighted by atomic mass is 9.78. The van der Waals surface area contributed by atoms with Gasteiger partial charge in [0.1, 0.15) is 5.01 Å². The molecule has 3 heteroatoms. The zero-order chi connectivity index (χ0) is 14.6. The van der Waals surface area contributed by atoms with Gasteiger partial charge >= 0.3 is 0 Å². The topological polar surface area (TPSA) is 38.9 Å². The molecule has 0 saturated heterocycles. The molecule has 1 aromatic carbocycles. The first-order valence-electron chi connectivity index (χ1n) is 7.94. The summed E-state index contributed by atoms with van der Waals surface area (Å²) in [6.07, 6.45) is 5.67. The molecule has 2 aliphatic rings. The van der Waals surface area contributed by atoms with Gasteiger partial charge in [0, 0.05) is 16.9 Å². The molecule has 1 fully saturated rings. The van der Waals surface area contributed by atoms with E-state index < -0.39 is 0 Å². The Bertz CT molecular complexity index is 693. The molecule has 0 aliphatic heterocycles. The maximum atomic E-state index is 6.70. The molecule has 2 N–H and O–H groups in total. The van der Waals surface area contributed by atoms with Crippen LogP contribution in [-0.2, 0) is 12.0 Å².